The van der Waals surface area contributed by atoms with Gasteiger partial charge in [-0.25, -0.2) is 14.5 Å². The van der Waals surface area contributed by atoms with E-state index < -0.39 is 11.6 Å². The molecule has 0 aromatic heterocycles. The lowest BCUT2D eigenvalue weighted by molar-refractivity contribution is -0.123. The number of anilines is 2. The van der Waals surface area contributed by atoms with Gasteiger partial charge in [-0.05, 0) is 30.5 Å². The summed E-state index contributed by atoms with van der Waals surface area (Å²) in [6.45, 7) is 7.56. The topological polar surface area (TPSA) is 71.0 Å². The zero-order valence-corrected chi connectivity index (χ0v) is 16.3. The molecule has 2 saturated heterocycles. The minimum Gasteiger partial charge on any atom is -0.396 e. The van der Waals surface area contributed by atoms with Crippen molar-refractivity contribution in [3.63, 3.8) is 0 Å². The van der Waals surface area contributed by atoms with Crippen molar-refractivity contribution in [3.8, 4) is 0 Å². The number of rotatable bonds is 3. The van der Waals surface area contributed by atoms with Crippen LogP contribution in [-0.2, 0) is 11.2 Å². The molecule has 142 valence electrons. The van der Waals surface area contributed by atoms with Gasteiger partial charge in [0.15, 0.2) is 5.69 Å². The van der Waals surface area contributed by atoms with E-state index in [2.05, 4.69) is 4.85 Å². The fourth-order valence-electron chi connectivity index (χ4n) is 4.05. The Morgan fingerprint density at radius 1 is 1.18 bits per heavy atom. The van der Waals surface area contributed by atoms with Gasteiger partial charge < -0.3 is 10.6 Å². The highest BCUT2D eigenvalue weighted by Gasteiger charge is 2.60. The maximum atomic E-state index is 13.5. The first-order valence-corrected chi connectivity index (χ1v) is 9.50. The molecule has 3 amide bonds. The zero-order chi connectivity index (χ0) is 20.1. The lowest BCUT2D eigenvalue weighted by Crippen LogP contribution is -2.47. The van der Waals surface area contributed by atoms with E-state index in [1.54, 1.807) is 17.0 Å². The number of carbonyl (C=O) groups excluding carboxylic acids is 2. The number of nitrogen functional groups attached to an aromatic ring is 1. The van der Waals surface area contributed by atoms with Gasteiger partial charge in [0.05, 0.1) is 23.0 Å². The molecule has 28 heavy (non-hydrogen) atoms. The first kappa shape index (κ1) is 18.6. The first-order valence-electron chi connectivity index (χ1n) is 8.74. The van der Waals surface area contributed by atoms with E-state index in [1.807, 2.05) is 12.1 Å². The number of urea groups is 1. The summed E-state index contributed by atoms with van der Waals surface area (Å²) in [6, 6.07) is 9.62. The predicted octanol–water partition coefficient (Wildman–Crippen LogP) is 4.67. The van der Waals surface area contributed by atoms with Crippen LogP contribution in [-0.4, -0.2) is 28.9 Å². The fourth-order valence-corrected chi connectivity index (χ4v) is 4.53. The summed E-state index contributed by atoms with van der Waals surface area (Å²) in [5.74, 6) is -0.325. The molecule has 2 aliphatic rings. The van der Waals surface area contributed by atoms with Crippen molar-refractivity contribution in [2.24, 2.45) is 0 Å². The molecule has 2 aliphatic heterocycles. The smallest absolute Gasteiger partial charge is 0.332 e. The van der Waals surface area contributed by atoms with Crippen molar-refractivity contribution in [1.82, 2.24) is 4.90 Å². The van der Waals surface area contributed by atoms with Crippen LogP contribution in [0.25, 0.3) is 4.85 Å². The second-order valence-corrected chi connectivity index (χ2v) is 7.83. The average molecular weight is 415 g/mol. The van der Waals surface area contributed by atoms with Crippen LogP contribution in [0, 0.1) is 6.57 Å². The Morgan fingerprint density at radius 2 is 1.89 bits per heavy atom. The second kappa shape index (κ2) is 6.69. The van der Waals surface area contributed by atoms with E-state index in [9.17, 15) is 9.59 Å². The Kier molecular flexibility index (Phi) is 4.45. The molecular weight excluding hydrogens is 399 g/mol. The summed E-state index contributed by atoms with van der Waals surface area (Å²) in [4.78, 5) is 32.7. The van der Waals surface area contributed by atoms with E-state index >= 15 is 0 Å². The maximum absolute atomic E-state index is 13.5. The summed E-state index contributed by atoms with van der Waals surface area (Å²) in [5, 5.41) is 0.490. The molecule has 1 unspecified atom stereocenters. The molecule has 8 heteroatoms. The van der Waals surface area contributed by atoms with Crippen LogP contribution < -0.4 is 10.6 Å². The van der Waals surface area contributed by atoms with E-state index in [4.69, 9.17) is 35.5 Å². The molecule has 0 radical (unpaired) electrons. The number of halogens is 2. The summed E-state index contributed by atoms with van der Waals surface area (Å²) in [7, 11) is 0. The van der Waals surface area contributed by atoms with Crippen molar-refractivity contribution in [3.05, 3.63) is 63.4 Å². The second-order valence-electron chi connectivity index (χ2n) is 6.99. The molecular formula is C20H16Cl2N4O2. The Hall–Kier alpha value is -2.75. The van der Waals surface area contributed by atoms with Gasteiger partial charge in [0.2, 0.25) is 0 Å². The molecule has 2 N–H and O–H groups in total. The lowest BCUT2D eigenvalue weighted by atomic mass is 9.88. The monoisotopic (exact) mass is 414 g/mol. The Labute approximate surface area is 172 Å². The van der Waals surface area contributed by atoms with Crippen molar-refractivity contribution in [1.29, 1.82) is 0 Å². The van der Waals surface area contributed by atoms with Gasteiger partial charge in [-0.1, -0.05) is 47.5 Å². The van der Waals surface area contributed by atoms with Crippen LogP contribution in [0.15, 0.2) is 36.4 Å². The summed E-state index contributed by atoms with van der Waals surface area (Å²) >= 11 is 12.2. The van der Waals surface area contributed by atoms with Gasteiger partial charge in [0.1, 0.15) is 5.54 Å². The molecule has 2 aromatic rings. The molecule has 0 saturated carbocycles. The number of nitrogens with zero attached hydrogens (tertiary/aromatic N) is 3. The van der Waals surface area contributed by atoms with Gasteiger partial charge in [0, 0.05) is 18.0 Å². The molecule has 2 heterocycles. The van der Waals surface area contributed by atoms with Crippen LogP contribution in [0.5, 0.6) is 0 Å². The van der Waals surface area contributed by atoms with Crippen LogP contribution in [0.2, 0.25) is 10.0 Å². The molecule has 0 aliphatic carbocycles. The van der Waals surface area contributed by atoms with Crippen molar-refractivity contribution >= 4 is 52.2 Å². The van der Waals surface area contributed by atoms with Crippen molar-refractivity contribution in [2.75, 3.05) is 17.2 Å². The van der Waals surface area contributed by atoms with Crippen molar-refractivity contribution < 1.29 is 9.59 Å². The number of imide groups is 1. The maximum Gasteiger partial charge on any atom is 0.332 e. The van der Waals surface area contributed by atoms with Gasteiger partial charge in [-0.3, -0.25) is 4.79 Å². The highest BCUT2D eigenvalue weighted by molar-refractivity contribution is 6.38. The number of hydrogen-bond acceptors (Lipinski definition) is 3. The summed E-state index contributed by atoms with van der Waals surface area (Å²) in [5.41, 5.74) is 6.86. The largest absolute Gasteiger partial charge is 0.396 e. The number of carbonyl (C=O) groups is 2. The first-order chi connectivity index (χ1) is 13.4. The molecule has 4 rings (SSSR count). The Bertz CT molecular complexity index is 1030. The quantitative estimate of drug-likeness (QED) is 0.450. The highest BCUT2D eigenvalue weighted by Crippen LogP contribution is 2.45. The normalized spacial score (nSPS) is 21.2. The lowest BCUT2D eigenvalue weighted by Gasteiger charge is -2.28. The van der Waals surface area contributed by atoms with Gasteiger partial charge in [0.25, 0.3) is 5.91 Å². The SMILES string of the molecule is [C-]#[N+]c1ccc(CC23CCCN2C(=O)N(c2cc(Cl)cc(Cl)c2N)C3=O)cc1. The zero-order valence-electron chi connectivity index (χ0n) is 14.8. The number of amides is 3. The average Bonchev–Trinajstić information content (AvgIpc) is 3.17. The van der Waals surface area contributed by atoms with Gasteiger partial charge >= 0.3 is 6.03 Å². The van der Waals surface area contributed by atoms with Crippen molar-refractivity contribution in [2.45, 2.75) is 24.8 Å². The molecule has 6 nitrogen and oxygen atoms in total. The number of nitrogens with two attached hydrogens (primary N) is 1. The van der Waals surface area contributed by atoms with Crippen LogP contribution in [0.3, 0.4) is 0 Å². The van der Waals surface area contributed by atoms with Crippen LogP contribution in [0.4, 0.5) is 21.9 Å². The molecule has 0 spiro atoms. The molecule has 1 atom stereocenters. The van der Waals surface area contributed by atoms with Crippen LogP contribution >= 0.6 is 23.2 Å². The third kappa shape index (κ3) is 2.70. The molecule has 0 bridgehead atoms. The van der Waals surface area contributed by atoms with E-state index in [1.165, 1.54) is 12.1 Å². The fraction of sp³-hybridized carbons (Fsp3) is 0.250. The van der Waals surface area contributed by atoms with E-state index in [0.717, 1.165) is 16.9 Å². The van der Waals surface area contributed by atoms with Gasteiger partial charge in [-0.15, -0.1) is 0 Å². The molecule has 2 fully saturated rings. The minimum atomic E-state index is -0.960. The highest BCUT2D eigenvalue weighted by atomic mass is 35.5. The number of fused-ring (bicyclic) bond motifs is 1. The third-order valence-electron chi connectivity index (χ3n) is 5.39. The van der Waals surface area contributed by atoms with E-state index in [-0.39, 0.29) is 22.3 Å². The number of hydrogen-bond donors (Lipinski definition) is 1. The third-order valence-corrected chi connectivity index (χ3v) is 5.92. The predicted molar refractivity (Wildman–Crippen MR) is 109 cm³/mol. The Morgan fingerprint density at radius 3 is 2.57 bits per heavy atom. The van der Waals surface area contributed by atoms with Crippen LogP contribution in [0.1, 0.15) is 18.4 Å². The Balaban J connectivity index is 1.75. The molecule has 2 aromatic carbocycles. The summed E-state index contributed by atoms with van der Waals surface area (Å²) < 4.78 is 0. The standard InChI is InChI=1S/C20H16Cl2N4O2/c1-24-14-5-3-12(4-6-14)11-20-7-2-8-25(20)19(28)26(18(20)27)16-10-13(21)9-15(22)17(16)23/h3-6,9-10H,2,7-8,11,23H2. The van der Waals surface area contributed by atoms with E-state index in [0.29, 0.717) is 30.1 Å². The number of benzene rings is 2. The minimum absolute atomic E-state index is 0.144. The van der Waals surface area contributed by atoms with Gasteiger partial charge in [-0.2, -0.15) is 0 Å². The summed E-state index contributed by atoms with van der Waals surface area (Å²) in [6.07, 6.45) is 1.69.